The van der Waals surface area contributed by atoms with E-state index in [4.69, 9.17) is 25.8 Å². The van der Waals surface area contributed by atoms with Crippen molar-refractivity contribution in [3.8, 4) is 0 Å². The number of piperidine rings is 1. The van der Waals surface area contributed by atoms with Gasteiger partial charge in [-0.05, 0) is 67.6 Å². The van der Waals surface area contributed by atoms with Crippen LogP contribution in [0.3, 0.4) is 0 Å². The standard InChI is InChI=1S/C35H42ClNO9/c1-18-21-9-10-24-33-17-44-35(43,28(40)26(33)32(3,4)14-11-25(33)45-19(2)38)34(24,27(18)39)29(21)46-31(42)20-12-15-37(16-13-20)30(41)22-7-5-6-8-23(22)36/h5-8,20-21,24-26,28-29,40,43H,1,9-17H2,2-4H3/t21-,24-,25-,26+,28-,29+,33+,34-,35-/m0/s1. The van der Waals surface area contributed by atoms with Crippen molar-refractivity contribution in [2.24, 2.45) is 39.9 Å². The van der Waals surface area contributed by atoms with Gasteiger partial charge in [-0.2, -0.15) is 0 Å². The number of hydrogen-bond acceptors (Lipinski definition) is 9. The van der Waals surface area contributed by atoms with Crippen LogP contribution in [0.5, 0.6) is 0 Å². The zero-order valence-electron chi connectivity index (χ0n) is 26.5. The maximum Gasteiger partial charge on any atom is 0.309 e. The molecule has 9 atom stereocenters. The van der Waals surface area contributed by atoms with Crippen molar-refractivity contribution in [2.45, 2.75) is 83.4 Å². The molecular weight excluding hydrogens is 614 g/mol. The van der Waals surface area contributed by atoms with Crippen molar-refractivity contribution in [1.29, 1.82) is 0 Å². The lowest BCUT2D eigenvalue weighted by Crippen LogP contribution is -2.86. The minimum atomic E-state index is -2.33. The van der Waals surface area contributed by atoms with Gasteiger partial charge in [0, 0.05) is 37.3 Å². The number of nitrogens with zero attached hydrogens (tertiary/aromatic N) is 1. The second-order valence-electron chi connectivity index (χ2n) is 15.0. The first-order chi connectivity index (χ1) is 21.7. The summed E-state index contributed by atoms with van der Waals surface area (Å²) in [5.41, 5.74) is -2.60. The van der Waals surface area contributed by atoms with Crippen LogP contribution in [0.2, 0.25) is 5.02 Å². The molecule has 2 spiro atoms. The number of aliphatic hydroxyl groups is 2. The number of benzene rings is 1. The van der Waals surface area contributed by atoms with Crippen LogP contribution >= 0.6 is 11.6 Å². The normalized spacial score (nSPS) is 41.0. The smallest absolute Gasteiger partial charge is 0.309 e. The van der Waals surface area contributed by atoms with Crippen LogP contribution < -0.4 is 0 Å². The molecule has 4 aliphatic carbocycles. The van der Waals surface area contributed by atoms with Crippen LogP contribution in [0.15, 0.2) is 36.4 Å². The molecule has 3 saturated heterocycles. The summed E-state index contributed by atoms with van der Waals surface area (Å²) in [6.07, 6.45) is -0.406. The monoisotopic (exact) mass is 655 g/mol. The molecule has 4 bridgehead atoms. The van der Waals surface area contributed by atoms with Gasteiger partial charge in [0.25, 0.3) is 5.91 Å². The quantitative estimate of drug-likeness (QED) is 0.367. The molecule has 46 heavy (non-hydrogen) atoms. The Morgan fingerprint density at radius 3 is 2.43 bits per heavy atom. The summed E-state index contributed by atoms with van der Waals surface area (Å²) in [5.74, 6) is -6.19. The molecule has 7 fully saturated rings. The molecule has 248 valence electrons. The van der Waals surface area contributed by atoms with Crippen LogP contribution in [0, 0.1) is 39.9 Å². The highest BCUT2D eigenvalue weighted by Crippen LogP contribution is 2.77. The Labute approximate surface area is 273 Å². The predicted octanol–water partition coefficient (Wildman–Crippen LogP) is 3.70. The molecule has 0 radical (unpaired) electrons. The third kappa shape index (κ3) is 3.99. The van der Waals surface area contributed by atoms with E-state index in [1.165, 1.54) is 6.92 Å². The first kappa shape index (κ1) is 31.8. The molecule has 4 saturated carbocycles. The number of fused-ring (bicyclic) bond motifs is 2. The van der Waals surface area contributed by atoms with Crippen molar-refractivity contribution >= 4 is 35.2 Å². The van der Waals surface area contributed by atoms with Crippen molar-refractivity contribution in [1.82, 2.24) is 4.90 Å². The van der Waals surface area contributed by atoms with Gasteiger partial charge >= 0.3 is 11.9 Å². The highest BCUT2D eigenvalue weighted by molar-refractivity contribution is 6.33. The van der Waals surface area contributed by atoms with Crippen molar-refractivity contribution in [3.05, 3.63) is 47.0 Å². The molecule has 11 heteroatoms. The van der Waals surface area contributed by atoms with Gasteiger partial charge in [0.2, 0.25) is 5.79 Å². The third-order valence-electron chi connectivity index (χ3n) is 12.6. The fraction of sp³-hybridized carbons (Fsp3) is 0.657. The molecule has 1 amide bonds. The highest BCUT2D eigenvalue weighted by Gasteiger charge is 2.88. The fourth-order valence-electron chi connectivity index (χ4n) is 10.7. The van der Waals surface area contributed by atoms with Crippen molar-refractivity contribution in [3.63, 3.8) is 0 Å². The van der Waals surface area contributed by atoms with Gasteiger partial charge in [0.1, 0.15) is 23.7 Å². The number of aliphatic hydroxyl groups excluding tert-OH is 1. The molecule has 1 aromatic rings. The molecule has 3 heterocycles. The van der Waals surface area contributed by atoms with Gasteiger partial charge in [0.15, 0.2) is 5.78 Å². The minimum absolute atomic E-state index is 0.00201. The zero-order valence-corrected chi connectivity index (χ0v) is 27.3. The van der Waals surface area contributed by atoms with E-state index in [0.717, 1.165) is 0 Å². The number of ketones is 1. The molecule has 3 aliphatic heterocycles. The van der Waals surface area contributed by atoms with Gasteiger partial charge in [-0.3, -0.25) is 19.2 Å². The number of carbonyl (C=O) groups is 4. The van der Waals surface area contributed by atoms with E-state index in [0.29, 0.717) is 62.2 Å². The summed E-state index contributed by atoms with van der Waals surface area (Å²) < 4.78 is 18.5. The molecule has 0 unspecified atom stereocenters. The molecule has 2 N–H and O–H groups in total. The molecule has 10 nitrogen and oxygen atoms in total. The largest absolute Gasteiger partial charge is 0.462 e. The van der Waals surface area contributed by atoms with Crippen LogP contribution in [0.1, 0.15) is 69.7 Å². The van der Waals surface area contributed by atoms with E-state index >= 15 is 0 Å². The van der Waals surface area contributed by atoms with Gasteiger partial charge in [-0.1, -0.05) is 44.2 Å². The Balaban J connectivity index is 1.21. The first-order valence-corrected chi connectivity index (χ1v) is 16.8. The van der Waals surface area contributed by atoms with E-state index in [1.807, 2.05) is 13.8 Å². The first-order valence-electron chi connectivity index (χ1n) is 16.4. The van der Waals surface area contributed by atoms with Gasteiger partial charge < -0.3 is 29.3 Å². The lowest BCUT2D eigenvalue weighted by Gasteiger charge is -2.74. The second-order valence-corrected chi connectivity index (χ2v) is 15.4. The zero-order chi connectivity index (χ0) is 33.0. The predicted molar refractivity (Wildman–Crippen MR) is 164 cm³/mol. The maximum absolute atomic E-state index is 14.5. The Bertz CT molecular complexity index is 1520. The second kappa shape index (κ2) is 10.6. The van der Waals surface area contributed by atoms with E-state index < -0.39 is 81.7 Å². The number of rotatable bonds is 4. The number of amides is 1. The third-order valence-corrected chi connectivity index (χ3v) is 12.9. The van der Waals surface area contributed by atoms with Gasteiger partial charge in [0.05, 0.1) is 23.1 Å². The number of ether oxygens (including phenoxy) is 3. The average Bonchev–Trinajstić information content (AvgIpc) is 3.13. The average molecular weight is 656 g/mol. The van der Waals surface area contributed by atoms with Crippen LogP contribution in [-0.2, 0) is 28.6 Å². The molecular formula is C35H42ClNO9. The maximum atomic E-state index is 14.5. The SMILES string of the molecule is C=C1C(=O)[C@]23[C@H](OC(=O)C4CCN(C(=O)c5ccccc5Cl)CC4)[C@H]1CC[C@H]2[C@@]12CO[C@@]3(O)[C@@H](O)[C@@H]1C(C)(C)CC[C@@H]2OC(C)=O. The van der Waals surface area contributed by atoms with E-state index in [9.17, 15) is 29.4 Å². The number of hydrogen-bond donors (Lipinski definition) is 2. The summed E-state index contributed by atoms with van der Waals surface area (Å²) in [4.78, 5) is 55.6. The van der Waals surface area contributed by atoms with Crippen LogP contribution in [0.4, 0.5) is 0 Å². The van der Waals surface area contributed by atoms with Crippen molar-refractivity contribution in [2.75, 3.05) is 19.7 Å². The molecule has 0 aromatic heterocycles. The number of esters is 2. The molecule has 8 rings (SSSR count). The summed E-state index contributed by atoms with van der Waals surface area (Å²) >= 11 is 6.25. The van der Waals surface area contributed by atoms with Gasteiger partial charge in [-0.25, -0.2) is 0 Å². The summed E-state index contributed by atoms with van der Waals surface area (Å²) in [6.45, 7) is 10.2. The molecule has 1 aromatic carbocycles. The highest BCUT2D eigenvalue weighted by atomic mass is 35.5. The van der Waals surface area contributed by atoms with Crippen LogP contribution in [-0.4, -0.2) is 82.5 Å². The summed E-state index contributed by atoms with van der Waals surface area (Å²) in [6, 6.07) is 6.84. The number of halogens is 1. The minimum Gasteiger partial charge on any atom is -0.462 e. The van der Waals surface area contributed by atoms with Crippen LogP contribution in [0.25, 0.3) is 0 Å². The summed E-state index contributed by atoms with van der Waals surface area (Å²) in [7, 11) is 0. The van der Waals surface area contributed by atoms with E-state index in [-0.39, 0.29) is 18.1 Å². The lowest BCUT2D eigenvalue weighted by atomic mass is 9.35. The number of likely N-dealkylation sites (tertiary alicyclic amines) is 1. The fourth-order valence-corrected chi connectivity index (χ4v) is 10.9. The molecule has 7 aliphatic rings. The van der Waals surface area contributed by atoms with E-state index in [2.05, 4.69) is 6.58 Å². The summed E-state index contributed by atoms with van der Waals surface area (Å²) in [5, 5.41) is 25.0. The topological polar surface area (TPSA) is 140 Å². The number of Topliss-reactive ketones (excluding diaryl/α,β-unsaturated/α-hetero) is 1. The number of carbonyl (C=O) groups excluding carboxylic acids is 4. The Hall–Kier alpha value is -2.79. The van der Waals surface area contributed by atoms with E-state index in [1.54, 1.807) is 29.2 Å². The Morgan fingerprint density at radius 2 is 1.76 bits per heavy atom. The Kier molecular flexibility index (Phi) is 7.33. The van der Waals surface area contributed by atoms with Crippen molar-refractivity contribution < 1.29 is 43.6 Å². The Morgan fingerprint density at radius 1 is 1.07 bits per heavy atom. The van der Waals surface area contributed by atoms with Gasteiger partial charge in [-0.15, -0.1) is 0 Å². The lowest BCUT2D eigenvalue weighted by molar-refractivity contribution is -0.458.